The molecule has 1 fully saturated rings. The van der Waals surface area contributed by atoms with Gasteiger partial charge in [-0.25, -0.2) is 4.68 Å². The van der Waals surface area contributed by atoms with Gasteiger partial charge in [0.1, 0.15) is 11.4 Å². The molecule has 1 saturated heterocycles. The van der Waals surface area contributed by atoms with Gasteiger partial charge in [0.2, 0.25) is 0 Å². The number of para-hydroxylation sites is 1. The van der Waals surface area contributed by atoms with E-state index in [9.17, 15) is 14.7 Å². The lowest BCUT2D eigenvalue weighted by Gasteiger charge is -2.34. The highest BCUT2D eigenvalue weighted by Gasteiger charge is 2.28. The molecule has 4 aromatic rings. The van der Waals surface area contributed by atoms with Crippen molar-refractivity contribution < 1.29 is 19.1 Å². The van der Waals surface area contributed by atoms with Crippen LogP contribution in [-0.2, 0) is 0 Å². The number of nitrogens with zero attached hydrogens (tertiary/aromatic N) is 4. The highest BCUT2D eigenvalue weighted by atomic mass is 35.5. The predicted molar refractivity (Wildman–Crippen MR) is 126 cm³/mol. The number of halogens is 1. The zero-order valence-corrected chi connectivity index (χ0v) is 18.9. The molecule has 2 amide bonds. The largest absolute Gasteiger partial charge is 0.507 e. The minimum atomic E-state index is -0.254. The molecule has 34 heavy (non-hydrogen) atoms. The Morgan fingerprint density at radius 1 is 0.882 bits per heavy atom. The van der Waals surface area contributed by atoms with Gasteiger partial charge in [0, 0.05) is 37.3 Å². The van der Waals surface area contributed by atoms with E-state index in [2.05, 4.69) is 5.10 Å². The average Bonchev–Trinajstić information content (AvgIpc) is 3.54. The summed E-state index contributed by atoms with van der Waals surface area (Å²) in [6, 6.07) is 18.9. The summed E-state index contributed by atoms with van der Waals surface area (Å²) < 4.78 is 7.19. The summed E-state index contributed by atoms with van der Waals surface area (Å²) in [6.45, 7) is 1.44. The Morgan fingerprint density at radius 3 is 2.29 bits per heavy atom. The summed E-state index contributed by atoms with van der Waals surface area (Å²) in [5, 5.41) is 15.1. The first-order chi connectivity index (χ1) is 16.5. The molecule has 5 rings (SSSR count). The lowest BCUT2D eigenvalue weighted by atomic mass is 10.1. The summed E-state index contributed by atoms with van der Waals surface area (Å²) in [6.07, 6.45) is 1.56. The van der Waals surface area contributed by atoms with E-state index in [1.54, 1.807) is 69.3 Å². The molecule has 1 N–H and O–H groups in total. The fourth-order valence-electron chi connectivity index (χ4n) is 3.99. The van der Waals surface area contributed by atoms with Crippen molar-refractivity contribution in [3.8, 4) is 22.9 Å². The second-order valence-electron chi connectivity index (χ2n) is 7.89. The van der Waals surface area contributed by atoms with Gasteiger partial charge in [0.15, 0.2) is 11.5 Å². The van der Waals surface area contributed by atoms with Crippen molar-refractivity contribution in [2.45, 2.75) is 0 Å². The molecule has 0 bridgehead atoms. The number of amides is 2. The third-order valence-corrected chi connectivity index (χ3v) is 5.98. The summed E-state index contributed by atoms with van der Waals surface area (Å²) in [5.74, 6) is 0.0337. The highest BCUT2D eigenvalue weighted by molar-refractivity contribution is 6.30. The molecule has 8 nitrogen and oxygen atoms in total. The van der Waals surface area contributed by atoms with Gasteiger partial charge in [-0.3, -0.25) is 9.59 Å². The summed E-state index contributed by atoms with van der Waals surface area (Å²) in [4.78, 5) is 29.3. The molecule has 9 heteroatoms. The molecule has 172 valence electrons. The first-order valence-corrected chi connectivity index (χ1v) is 11.2. The Labute approximate surface area is 200 Å². The third kappa shape index (κ3) is 4.15. The summed E-state index contributed by atoms with van der Waals surface area (Å²) in [5.41, 5.74) is 1.86. The minimum absolute atomic E-state index is 0.0528. The van der Waals surface area contributed by atoms with E-state index in [0.717, 1.165) is 0 Å². The Morgan fingerprint density at radius 2 is 1.62 bits per heavy atom. The molecular formula is C25H21ClN4O4. The average molecular weight is 477 g/mol. The zero-order chi connectivity index (χ0) is 23.7. The maximum atomic E-state index is 13.3. The van der Waals surface area contributed by atoms with Gasteiger partial charge in [-0.1, -0.05) is 29.8 Å². The number of aromatic hydroxyl groups is 1. The number of carbonyl (C=O) groups is 2. The fraction of sp³-hybridized carbons (Fsp3) is 0.160. The van der Waals surface area contributed by atoms with E-state index in [1.165, 1.54) is 6.07 Å². The van der Waals surface area contributed by atoms with Crippen LogP contribution in [-0.4, -0.2) is 62.7 Å². The van der Waals surface area contributed by atoms with Crippen molar-refractivity contribution in [3.63, 3.8) is 0 Å². The van der Waals surface area contributed by atoms with Gasteiger partial charge in [-0.2, -0.15) is 5.10 Å². The van der Waals surface area contributed by atoms with Crippen LogP contribution in [0.15, 0.2) is 77.4 Å². The topological polar surface area (TPSA) is 91.8 Å². The van der Waals surface area contributed by atoms with Crippen LogP contribution in [0.5, 0.6) is 5.75 Å². The normalized spacial score (nSPS) is 13.8. The van der Waals surface area contributed by atoms with E-state index in [0.29, 0.717) is 48.3 Å². The Hall–Kier alpha value is -4.04. The van der Waals surface area contributed by atoms with E-state index < -0.39 is 0 Å². The highest BCUT2D eigenvalue weighted by Crippen LogP contribution is 2.27. The molecule has 3 heterocycles. The van der Waals surface area contributed by atoms with Crippen molar-refractivity contribution in [2.24, 2.45) is 0 Å². The van der Waals surface area contributed by atoms with Gasteiger partial charge in [0.05, 0.1) is 17.5 Å². The first-order valence-electron chi connectivity index (χ1n) is 10.8. The monoisotopic (exact) mass is 476 g/mol. The first kappa shape index (κ1) is 21.8. The van der Waals surface area contributed by atoms with E-state index in [4.69, 9.17) is 16.0 Å². The lowest BCUT2D eigenvalue weighted by Crippen LogP contribution is -2.50. The minimum Gasteiger partial charge on any atom is -0.507 e. The Bertz CT molecular complexity index is 1340. The number of aromatic nitrogens is 2. The lowest BCUT2D eigenvalue weighted by molar-refractivity contribution is 0.0530. The van der Waals surface area contributed by atoms with Crippen LogP contribution >= 0.6 is 11.6 Å². The van der Waals surface area contributed by atoms with Crippen LogP contribution in [0.4, 0.5) is 0 Å². The number of rotatable bonds is 4. The maximum Gasteiger partial charge on any atom is 0.274 e. The SMILES string of the molecule is O=C(c1cc(-c2ccco2)n(-c2cccc(Cl)c2)n1)N1CCN(C(=O)c2ccccc2O)CC1. The molecule has 2 aromatic carbocycles. The fourth-order valence-corrected chi connectivity index (χ4v) is 4.17. The van der Waals surface area contributed by atoms with E-state index in [1.807, 2.05) is 12.1 Å². The van der Waals surface area contributed by atoms with Crippen LogP contribution in [0, 0.1) is 0 Å². The number of benzene rings is 2. The Kier molecular flexibility index (Phi) is 5.81. The van der Waals surface area contributed by atoms with Gasteiger partial charge >= 0.3 is 0 Å². The van der Waals surface area contributed by atoms with Gasteiger partial charge in [0.25, 0.3) is 11.8 Å². The predicted octanol–water partition coefficient (Wildman–Crippen LogP) is 4.09. The second kappa shape index (κ2) is 9.07. The third-order valence-electron chi connectivity index (χ3n) is 5.74. The van der Waals surface area contributed by atoms with E-state index >= 15 is 0 Å². The zero-order valence-electron chi connectivity index (χ0n) is 18.1. The Balaban J connectivity index is 1.36. The number of phenolic OH excluding ortho intramolecular Hbond substituents is 1. The summed E-state index contributed by atoms with van der Waals surface area (Å²) >= 11 is 6.17. The standard InChI is InChI=1S/C25H21ClN4O4/c26-17-5-3-6-18(15-17)30-21(23-9-4-14-34-23)16-20(27-30)25(33)29-12-10-28(11-13-29)24(32)19-7-1-2-8-22(19)31/h1-9,14-16,31H,10-13H2. The molecule has 0 unspecified atom stereocenters. The summed E-state index contributed by atoms with van der Waals surface area (Å²) in [7, 11) is 0. The molecule has 1 aliphatic rings. The maximum absolute atomic E-state index is 13.3. The van der Waals surface area contributed by atoms with Crippen molar-refractivity contribution in [3.05, 3.63) is 89.3 Å². The molecule has 0 atom stereocenters. The van der Waals surface area contributed by atoms with Crippen LogP contribution in [0.1, 0.15) is 20.8 Å². The van der Waals surface area contributed by atoms with Gasteiger partial charge in [-0.05, 0) is 42.5 Å². The van der Waals surface area contributed by atoms with Gasteiger partial charge < -0.3 is 19.3 Å². The van der Waals surface area contributed by atoms with E-state index in [-0.39, 0.29) is 28.8 Å². The number of furan rings is 1. The molecule has 1 aliphatic heterocycles. The number of piperazine rings is 1. The number of carbonyl (C=O) groups excluding carboxylic acids is 2. The van der Waals surface area contributed by atoms with Crippen molar-refractivity contribution in [1.29, 1.82) is 0 Å². The molecule has 0 radical (unpaired) electrons. The molecule has 2 aromatic heterocycles. The smallest absolute Gasteiger partial charge is 0.274 e. The quantitative estimate of drug-likeness (QED) is 0.479. The van der Waals surface area contributed by atoms with Crippen molar-refractivity contribution >= 4 is 23.4 Å². The number of hydrogen-bond donors (Lipinski definition) is 1. The second-order valence-corrected chi connectivity index (χ2v) is 8.32. The number of phenols is 1. The molecule has 0 spiro atoms. The van der Waals surface area contributed by atoms with Crippen LogP contribution in [0.2, 0.25) is 5.02 Å². The van der Waals surface area contributed by atoms with Crippen molar-refractivity contribution in [2.75, 3.05) is 26.2 Å². The van der Waals surface area contributed by atoms with Crippen LogP contribution < -0.4 is 0 Å². The molecule has 0 saturated carbocycles. The molecule has 0 aliphatic carbocycles. The number of hydrogen-bond acceptors (Lipinski definition) is 5. The molecular weight excluding hydrogens is 456 g/mol. The van der Waals surface area contributed by atoms with Gasteiger partial charge in [-0.15, -0.1) is 0 Å². The van der Waals surface area contributed by atoms with Crippen LogP contribution in [0.3, 0.4) is 0 Å². The van der Waals surface area contributed by atoms with Crippen molar-refractivity contribution in [1.82, 2.24) is 19.6 Å². The van der Waals surface area contributed by atoms with Crippen LogP contribution in [0.25, 0.3) is 17.1 Å².